The molecule has 0 radical (unpaired) electrons. The van der Waals surface area contributed by atoms with E-state index < -0.39 is 17.7 Å². The monoisotopic (exact) mass is 463 g/mol. The van der Waals surface area contributed by atoms with E-state index in [1.807, 2.05) is 6.92 Å². The van der Waals surface area contributed by atoms with E-state index in [0.29, 0.717) is 41.9 Å². The van der Waals surface area contributed by atoms with Gasteiger partial charge in [-0.15, -0.1) is 0 Å². The first-order valence-electron chi connectivity index (χ1n) is 9.87. The third-order valence-corrected chi connectivity index (χ3v) is 4.49. The molecular weight excluding hydrogens is 438 g/mol. The summed E-state index contributed by atoms with van der Waals surface area (Å²) in [6.45, 7) is 5.65. The number of azo groups is 1. The van der Waals surface area contributed by atoms with Crippen molar-refractivity contribution >= 4 is 34.7 Å². The first-order chi connectivity index (χ1) is 15.3. The summed E-state index contributed by atoms with van der Waals surface area (Å²) in [6, 6.07) is 6.58. The van der Waals surface area contributed by atoms with Gasteiger partial charge in [-0.05, 0) is 39.0 Å². The molecule has 0 fully saturated rings. The second-order valence-electron chi connectivity index (χ2n) is 6.40. The molecule has 2 rings (SSSR count). The molecule has 1 unspecified atom stereocenters. The smallest absolute Gasteiger partial charge is 0.258 e. The molecule has 0 bridgehead atoms. The number of carbonyl (C=O) groups excluding carboxylic acids is 2. The van der Waals surface area contributed by atoms with Gasteiger partial charge in [0.05, 0.1) is 38.1 Å². The molecule has 172 valence electrons. The summed E-state index contributed by atoms with van der Waals surface area (Å²) in [5.74, 6) is 0.545. The maximum absolute atomic E-state index is 12.8. The van der Waals surface area contributed by atoms with Crippen molar-refractivity contribution in [1.82, 2.24) is 0 Å². The zero-order valence-corrected chi connectivity index (χ0v) is 19.4. The molecule has 1 atom stereocenters. The normalized spacial score (nSPS) is 11.7. The van der Waals surface area contributed by atoms with E-state index >= 15 is 0 Å². The van der Waals surface area contributed by atoms with Gasteiger partial charge >= 0.3 is 0 Å². The van der Waals surface area contributed by atoms with Crippen LogP contribution in [0.1, 0.15) is 20.8 Å². The van der Waals surface area contributed by atoms with Crippen LogP contribution in [0.3, 0.4) is 0 Å². The molecule has 9 nitrogen and oxygen atoms in total. The highest BCUT2D eigenvalue weighted by atomic mass is 35.5. The van der Waals surface area contributed by atoms with Crippen molar-refractivity contribution in [2.24, 2.45) is 10.2 Å². The van der Waals surface area contributed by atoms with E-state index in [9.17, 15) is 9.59 Å². The van der Waals surface area contributed by atoms with Crippen LogP contribution in [0.5, 0.6) is 23.0 Å². The molecule has 0 saturated heterocycles. The number of anilines is 1. The molecule has 0 aromatic heterocycles. The molecule has 0 aliphatic rings. The van der Waals surface area contributed by atoms with Gasteiger partial charge < -0.3 is 24.3 Å². The summed E-state index contributed by atoms with van der Waals surface area (Å²) in [7, 11) is 2.99. The lowest BCUT2D eigenvalue weighted by Gasteiger charge is -2.16. The molecule has 0 aliphatic carbocycles. The number of benzene rings is 2. The number of hydrogen-bond acceptors (Lipinski definition) is 8. The lowest BCUT2D eigenvalue weighted by atomic mass is 10.2. The van der Waals surface area contributed by atoms with Gasteiger partial charge in [-0.25, -0.2) is 0 Å². The molecule has 0 heterocycles. The Kier molecular flexibility index (Phi) is 9.27. The Balaban J connectivity index is 2.31. The maximum atomic E-state index is 12.8. The largest absolute Gasteiger partial charge is 0.497 e. The van der Waals surface area contributed by atoms with Crippen LogP contribution in [0, 0.1) is 0 Å². The molecule has 1 N–H and O–H groups in total. The standard InChI is InChI=1S/C22H26ClN3O6/c1-6-31-18-12-20(32-7-2)17(11-15(18)23)24-22(28)21(13(3)27)26-25-16-9-8-14(29-4)10-19(16)30-5/h8-12,21H,6-7H2,1-5H3,(H,24,28). The average molecular weight is 464 g/mol. The highest BCUT2D eigenvalue weighted by Gasteiger charge is 2.25. The summed E-state index contributed by atoms with van der Waals surface area (Å²) in [6.07, 6.45) is 0. The Hall–Kier alpha value is -3.33. The lowest BCUT2D eigenvalue weighted by Crippen LogP contribution is -2.32. The van der Waals surface area contributed by atoms with E-state index in [2.05, 4.69) is 15.5 Å². The number of nitrogens with zero attached hydrogens (tertiary/aromatic N) is 2. The Morgan fingerprint density at radius 1 is 1.00 bits per heavy atom. The SMILES string of the molecule is CCOc1cc(OCC)c(NC(=O)C(N=Nc2ccc(OC)cc2OC)C(C)=O)cc1Cl. The van der Waals surface area contributed by atoms with Crippen molar-refractivity contribution < 1.29 is 28.5 Å². The fourth-order valence-electron chi connectivity index (χ4n) is 2.68. The molecule has 2 aromatic rings. The predicted octanol–water partition coefficient (Wildman–Crippen LogP) is 4.83. The van der Waals surface area contributed by atoms with Gasteiger partial charge in [-0.1, -0.05) is 11.6 Å². The summed E-state index contributed by atoms with van der Waals surface area (Å²) in [5.41, 5.74) is 0.625. The van der Waals surface area contributed by atoms with Gasteiger partial charge in [0.15, 0.2) is 5.78 Å². The number of methoxy groups -OCH3 is 2. The highest BCUT2D eigenvalue weighted by molar-refractivity contribution is 6.32. The summed E-state index contributed by atoms with van der Waals surface area (Å²) >= 11 is 6.24. The van der Waals surface area contributed by atoms with Crippen molar-refractivity contribution in [2.45, 2.75) is 26.8 Å². The van der Waals surface area contributed by atoms with Gasteiger partial charge in [0.1, 0.15) is 28.7 Å². The zero-order chi connectivity index (χ0) is 23.7. The van der Waals surface area contributed by atoms with Crippen molar-refractivity contribution in [1.29, 1.82) is 0 Å². The molecule has 2 aromatic carbocycles. The third kappa shape index (κ3) is 6.34. The number of ether oxygens (including phenoxy) is 4. The van der Waals surface area contributed by atoms with Gasteiger partial charge in [0.25, 0.3) is 5.91 Å². The van der Waals surface area contributed by atoms with Crippen LogP contribution >= 0.6 is 11.6 Å². The van der Waals surface area contributed by atoms with E-state index in [1.165, 1.54) is 27.2 Å². The number of hydrogen-bond donors (Lipinski definition) is 1. The van der Waals surface area contributed by atoms with Gasteiger partial charge in [0.2, 0.25) is 6.04 Å². The Morgan fingerprint density at radius 3 is 2.28 bits per heavy atom. The molecule has 10 heteroatoms. The number of carbonyl (C=O) groups is 2. The van der Waals surface area contributed by atoms with E-state index in [-0.39, 0.29) is 10.7 Å². The fourth-order valence-corrected chi connectivity index (χ4v) is 2.90. The molecule has 32 heavy (non-hydrogen) atoms. The van der Waals surface area contributed by atoms with Gasteiger partial charge in [-0.3, -0.25) is 9.59 Å². The second-order valence-corrected chi connectivity index (χ2v) is 6.81. The van der Waals surface area contributed by atoms with Crippen LogP contribution in [0.25, 0.3) is 0 Å². The van der Waals surface area contributed by atoms with Crippen molar-refractivity contribution in [2.75, 3.05) is 32.8 Å². The van der Waals surface area contributed by atoms with Crippen molar-refractivity contribution in [3.8, 4) is 23.0 Å². The minimum absolute atomic E-state index is 0.286. The third-order valence-electron chi connectivity index (χ3n) is 4.19. The number of amides is 1. The topological polar surface area (TPSA) is 108 Å². The number of Topliss-reactive ketones (excluding diaryl/α,β-unsaturated/α-hetero) is 1. The molecular formula is C22H26ClN3O6. The minimum Gasteiger partial charge on any atom is -0.497 e. The van der Waals surface area contributed by atoms with Crippen LogP contribution in [0.15, 0.2) is 40.6 Å². The number of rotatable bonds is 11. The second kappa shape index (κ2) is 11.9. The fraction of sp³-hybridized carbons (Fsp3) is 0.364. The first-order valence-corrected chi connectivity index (χ1v) is 10.3. The summed E-state index contributed by atoms with van der Waals surface area (Å²) in [4.78, 5) is 25.0. The summed E-state index contributed by atoms with van der Waals surface area (Å²) < 4.78 is 21.4. The van der Waals surface area contributed by atoms with Crippen LogP contribution in [0.2, 0.25) is 5.02 Å². The zero-order valence-electron chi connectivity index (χ0n) is 18.6. The van der Waals surface area contributed by atoms with Crippen LogP contribution in [-0.2, 0) is 9.59 Å². The van der Waals surface area contributed by atoms with Crippen LogP contribution in [0.4, 0.5) is 11.4 Å². The van der Waals surface area contributed by atoms with Gasteiger partial charge in [0, 0.05) is 12.1 Å². The van der Waals surface area contributed by atoms with Crippen LogP contribution in [-0.4, -0.2) is 45.2 Å². The maximum Gasteiger partial charge on any atom is 0.258 e. The summed E-state index contributed by atoms with van der Waals surface area (Å²) in [5, 5.41) is 10.9. The van der Waals surface area contributed by atoms with E-state index in [4.69, 9.17) is 30.5 Å². The lowest BCUT2D eigenvalue weighted by molar-refractivity contribution is -0.126. The Bertz CT molecular complexity index is 996. The first kappa shape index (κ1) is 24.9. The molecule has 1 amide bonds. The number of halogens is 1. The van der Waals surface area contributed by atoms with Crippen molar-refractivity contribution in [3.05, 3.63) is 35.4 Å². The van der Waals surface area contributed by atoms with Gasteiger partial charge in [-0.2, -0.15) is 10.2 Å². The number of ketones is 1. The van der Waals surface area contributed by atoms with E-state index in [1.54, 1.807) is 31.2 Å². The average Bonchev–Trinajstić information content (AvgIpc) is 2.77. The Morgan fingerprint density at radius 2 is 1.69 bits per heavy atom. The van der Waals surface area contributed by atoms with Crippen LogP contribution < -0.4 is 24.3 Å². The van der Waals surface area contributed by atoms with Crippen molar-refractivity contribution in [3.63, 3.8) is 0 Å². The molecule has 0 saturated carbocycles. The molecule has 0 aliphatic heterocycles. The highest BCUT2D eigenvalue weighted by Crippen LogP contribution is 2.37. The number of nitrogens with one attached hydrogen (secondary N) is 1. The quantitative estimate of drug-likeness (QED) is 0.377. The molecule has 0 spiro atoms. The van der Waals surface area contributed by atoms with E-state index in [0.717, 1.165) is 0 Å². The Labute approximate surface area is 191 Å². The predicted molar refractivity (Wildman–Crippen MR) is 121 cm³/mol. The minimum atomic E-state index is -1.39.